The molecule has 178 valence electrons. The summed E-state index contributed by atoms with van der Waals surface area (Å²) in [6.45, 7) is -1.37. The summed E-state index contributed by atoms with van der Waals surface area (Å²) in [7, 11) is 0. The largest absolute Gasteiger partial charge is 0.460 e. The Labute approximate surface area is 163 Å². The summed E-state index contributed by atoms with van der Waals surface area (Å²) < 4.78 is 168. The van der Waals surface area contributed by atoms with Gasteiger partial charge in [0.25, 0.3) is 5.91 Å². The zero-order valence-corrected chi connectivity index (χ0v) is 14.4. The number of benzene rings is 1. The van der Waals surface area contributed by atoms with Gasteiger partial charge in [0.15, 0.2) is 0 Å². The molecule has 3 nitrogen and oxygen atoms in total. The zero-order chi connectivity index (χ0) is 24.7. The van der Waals surface area contributed by atoms with Crippen LogP contribution in [-0.2, 0) is 4.79 Å². The summed E-state index contributed by atoms with van der Waals surface area (Å²) in [6.07, 6.45) is -9.43. The van der Waals surface area contributed by atoms with Gasteiger partial charge in [-0.25, -0.2) is 0 Å². The lowest BCUT2D eigenvalue weighted by atomic mass is 9.93. The lowest BCUT2D eigenvalue weighted by molar-refractivity contribution is -0.436. The Morgan fingerprint density at radius 3 is 1.58 bits per heavy atom. The van der Waals surface area contributed by atoms with Crippen LogP contribution in [0.1, 0.15) is 11.7 Å². The fraction of sp³-hybridized carbons (Fsp3) is 0.533. The summed E-state index contributed by atoms with van der Waals surface area (Å²) in [5, 5.41) is 10.4. The van der Waals surface area contributed by atoms with E-state index in [1.807, 2.05) is 0 Å². The lowest BCUT2D eigenvalue weighted by Crippen LogP contribution is -2.72. The van der Waals surface area contributed by atoms with Crippen molar-refractivity contribution < 1.29 is 67.0 Å². The van der Waals surface area contributed by atoms with Crippen molar-refractivity contribution in [3.8, 4) is 0 Å². The Balaban J connectivity index is 3.19. The molecule has 0 spiro atoms. The van der Waals surface area contributed by atoms with Crippen LogP contribution in [0.25, 0.3) is 0 Å². The molecule has 0 saturated heterocycles. The minimum absolute atomic E-state index is 0.112. The Kier molecular flexibility index (Phi) is 6.92. The highest BCUT2D eigenvalue weighted by Gasteiger charge is 2.91. The van der Waals surface area contributed by atoms with Crippen molar-refractivity contribution in [2.75, 3.05) is 6.54 Å². The van der Waals surface area contributed by atoms with Gasteiger partial charge >= 0.3 is 35.8 Å². The Hall–Kier alpha value is -2.26. The van der Waals surface area contributed by atoms with Crippen molar-refractivity contribution in [1.82, 2.24) is 5.32 Å². The minimum Gasteiger partial charge on any atom is -0.387 e. The van der Waals surface area contributed by atoms with Gasteiger partial charge in [0.05, 0.1) is 6.10 Å². The van der Waals surface area contributed by atoms with Gasteiger partial charge in [0, 0.05) is 6.54 Å². The second-order valence-corrected chi connectivity index (χ2v) is 6.01. The Bertz CT molecular complexity index is 777. The normalized spacial score (nSPS) is 15.5. The molecule has 0 aliphatic heterocycles. The first kappa shape index (κ1) is 26.8. The van der Waals surface area contributed by atoms with Gasteiger partial charge in [-0.15, -0.1) is 0 Å². The maximum absolute atomic E-state index is 13.6. The van der Waals surface area contributed by atoms with E-state index in [9.17, 15) is 67.0 Å². The van der Waals surface area contributed by atoms with Gasteiger partial charge in [-0.3, -0.25) is 4.79 Å². The molecule has 1 amide bonds. The van der Waals surface area contributed by atoms with E-state index in [4.69, 9.17) is 0 Å². The highest BCUT2D eigenvalue weighted by molar-refractivity contribution is 5.84. The first-order valence-corrected chi connectivity index (χ1v) is 7.63. The minimum atomic E-state index is -8.09. The number of alkyl halides is 13. The van der Waals surface area contributed by atoms with Crippen molar-refractivity contribution in [2.45, 2.75) is 41.9 Å². The van der Waals surface area contributed by atoms with E-state index >= 15 is 0 Å². The van der Waals surface area contributed by atoms with Gasteiger partial charge < -0.3 is 10.4 Å². The van der Waals surface area contributed by atoms with Crippen LogP contribution in [0.2, 0.25) is 0 Å². The second-order valence-electron chi connectivity index (χ2n) is 6.01. The van der Waals surface area contributed by atoms with Crippen LogP contribution >= 0.6 is 0 Å². The third-order valence-electron chi connectivity index (χ3n) is 3.86. The molecule has 31 heavy (non-hydrogen) atoms. The predicted octanol–water partition coefficient (Wildman–Crippen LogP) is 4.58. The van der Waals surface area contributed by atoms with Crippen molar-refractivity contribution in [1.29, 1.82) is 0 Å². The summed E-state index contributed by atoms with van der Waals surface area (Å²) in [6, 6.07) is 6.25. The van der Waals surface area contributed by atoms with E-state index < -0.39 is 54.3 Å². The number of hydrogen-bond acceptors (Lipinski definition) is 2. The molecule has 2 N–H and O–H groups in total. The van der Waals surface area contributed by atoms with Gasteiger partial charge in [0.1, 0.15) is 0 Å². The molecule has 1 atom stereocenters. The van der Waals surface area contributed by atoms with Crippen LogP contribution in [0.3, 0.4) is 0 Å². The molecule has 16 heteroatoms. The van der Waals surface area contributed by atoms with E-state index in [0.29, 0.717) is 0 Å². The van der Waals surface area contributed by atoms with Crippen molar-refractivity contribution >= 4 is 5.91 Å². The second kappa shape index (κ2) is 8.02. The van der Waals surface area contributed by atoms with Crippen LogP contribution in [-0.4, -0.2) is 53.3 Å². The third kappa shape index (κ3) is 4.25. The average Bonchev–Trinajstić information content (AvgIpc) is 2.64. The van der Waals surface area contributed by atoms with E-state index in [-0.39, 0.29) is 5.56 Å². The highest BCUT2D eigenvalue weighted by Crippen LogP contribution is 2.60. The summed E-state index contributed by atoms with van der Waals surface area (Å²) in [5.74, 6) is -42.1. The summed E-state index contributed by atoms with van der Waals surface area (Å²) in [4.78, 5) is 11.2. The maximum atomic E-state index is 13.6. The molecular weight excluding hydrogens is 473 g/mol. The van der Waals surface area contributed by atoms with Gasteiger partial charge in [-0.1, -0.05) is 30.3 Å². The van der Waals surface area contributed by atoms with E-state index in [1.54, 1.807) is 0 Å². The fourth-order valence-corrected chi connectivity index (χ4v) is 2.01. The third-order valence-corrected chi connectivity index (χ3v) is 3.86. The van der Waals surface area contributed by atoms with E-state index in [0.717, 1.165) is 17.4 Å². The zero-order valence-electron chi connectivity index (χ0n) is 14.4. The highest BCUT2D eigenvalue weighted by atomic mass is 19.4. The van der Waals surface area contributed by atoms with Crippen LogP contribution < -0.4 is 5.32 Å². The van der Waals surface area contributed by atoms with Gasteiger partial charge in [0.2, 0.25) is 0 Å². The molecule has 0 heterocycles. The molecule has 0 saturated carbocycles. The number of rotatable bonds is 8. The molecule has 0 aliphatic carbocycles. The molecule has 1 aromatic rings. The Morgan fingerprint density at radius 1 is 0.742 bits per heavy atom. The molecule has 0 radical (unpaired) electrons. The monoisotopic (exact) mass is 483 g/mol. The molecule has 0 unspecified atom stereocenters. The fourth-order valence-electron chi connectivity index (χ4n) is 2.01. The van der Waals surface area contributed by atoms with E-state index in [1.165, 1.54) is 18.2 Å². The SMILES string of the molecule is O=C(NC[C@H](O)c1ccccc1)C(F)(F)C(F)(F)C(F)(F)C(F)(F)C(F)(F)C(F)(F)F. The predicted molar refractivity (Wildman–Crippen MR) is 75.2 cm³/mol. The first-order valence-electron chi connectivity index (χ1n) is 7.63. The van der Waals surface area contributed by atoms with Crippen molar-refractivity contribution in [2.24, 2.45) is 0 Å². The molecule has 0 aliphatic rings. The number of halogens is 13. The molecule has 0 bridgehead atoms. The molecule has 1 aromatic carbocycles. The average molecular weight is 483 g/mol. The van der Waals surface area contributed by atoms with Crippen LogP contribution in [0.5, 0.6) is 0 Å². The number of carbonyl (C=O) groups is 1. The number of aliphatic hydroxyl groups is 1. The van der Waals surface area contributed by atoms with Crippen molar-refractivity contribution in [3.05, 3.63) is 35.9 Å². The van der Waals surface area contributed by atoms with Gasteiger partial charge in [-0.05, 0) is 5.56 Å². The first-order chi connectivity index (χ1) is 13.7. The van der Waals surface area contributed by atoms with Crippen LogP contribution in [0.15, 0.2) is 30.3 Å². The molecule has 0 aromatic heterocycles. The topological polar surface area (TPSA) is 49.3 Å². The van der Waals surface area contributed by atoms with E-state index in [2.05, 4.69) is 0 Å². The van der Waals surface area contributed by atoms with Gasteiger partial charge in [-0.2, -0.15) is 57.1 Å². The standard InChI is InChI=1S/C15H10F13NO2/c16-10(17,9(31)29-6-8(30)7-4-2-1-3-5-7)11(18,19)12(20,21)13(22,23)14(24,25)15(26,27)28/h1-5,8,30H,6H2,(H,29,31)/t8-/m0/s1. The van der Waals surface area contributed by atoms with Crippen molar-refractivity contribution in [3.63, 3.8) is 0 Å². The number of amides is 1. The number of nitrogens with one attached hydrogen (secondary N) is 1. The number of hydrogen-bond donors (Lipinski definition) is 2. The number of aliphatic hydroxyl groups excluding tert-OH is 1. The number of carbonyl (C=O) groups excluding carboxylic acids is 1. The quantitative estimate of drug-likeness (QED) is 0.533. The van der Waals surface area contributed by atoms with Crippen LogP contribution in [0, 0.1) is 0 Å². The van der Waals surface area contributed by atoms with Crippen LogP contribution in [0.4, 0.5) is 57.1 Å². The summed E-state index contributed by atoms with van der Waals surface area (Å²) >= 11 is 0. The smallest absolute Gasteiger partial charge is 0.387 e. The molecule has 0 fully saturated rings. The summed E-state index contributed by atoms with van der Waals surface area (Å²) in [5.41, 5.74) is -0.112. The molecular formula is C15H10F13NO2. The molecule has 1 rings (SSSR count). The maximum Gasteiger partial charge on any atom is 0.460 e. The lowest BCUT2D eigenvalue weighted by Gasteiger charge is -2.39. The Morgan fingerprint density at radius 2 is 1.16 bits per heavy atom.